The maximum Gasteiger partial charge on any atom is 0.192 e. The molecule has 4 rings (SSSR count). The van der Waals surface area contributed by atoms with E-state index in [0.717, 1.165) is 48.7 Å². The molecule has 2 aliphatic heterocycles. The van der Waals surface area contributed by atoms with Gasteiger partial charge in [0.1, 0.15) is 18.0 Å². The lowest BCUT2D eigenvalue weighted by molar-refractivity contribution is -0.139. The quantitative estimate of drug-likeness (QED) is 0.0764. The number of terminal acetylenes is 1. The van der Waals surface area contributed by atoms with E-state index < -0.39 is 22.2 Å². The van der Waals surface area contributed by atoms with Crippen molar-refractivity contribution in [2.75, 3.05) is 7.11 Å². The van der Waals surface area contributed by atoms with Crippen molar-refractivity contribution in [3.63, 3.8) is 0 Å². The molecule has 0 aliphatic carbocycles. The maximum atomic E-state index is 7.64. The Labute approximate surface area is 317 Å². The largest absolute Gasteiger partial charge is 0.497 e. The van der Waals surface area contributed by atoms with Gasteiger partial charge in [0, 0.05) is 6.42 Å². The van der Waals surface area contributed by atoms with E-state index >= 15 is 0 Å². The minimum absolute atomic E-state index is 0.0777. The molecule has 2 heterocycles. The lowest BCUT2D eigenvalue weighted by atomic mass is 9.92. The second-order valence-corrected chi connectivity index (χ2v) is 25.3. The maximum absolute atomic E-state index is 7.64. The molecular weight excluding hydrogens is 681 g/mol. The first kappa shape index (κ1) is 42.3. The van der Waals surface area contributed by atoms with Gasteiger partial charge in [0.05, 0.1) is 46.2 Å². The highest BCUT2D eigenvalue weighted by atomic mass is 28.4. The molecule has 286 valence electrons. The zero-order valence-corrected chi connectivity index (χ0v) is 35.4. The smallest absolute Gasteiger partial charge is 0.192 e. The Morgan fingerprint density at radius 1 is 1.00 bits per heavy atom. The molecule has 0 bridgehead atoms. The lowest BCUT2D eigenvalue weighted by Gasteiger charge is -2.45. The highest BCUT2D eigenvalue weighted by Gasteiger charge is 2.53. The van der Waals surface area contributed by atoms with Crippen molar-refractivity contribution < 1.29 is 28.1 Å². The second kappa shape index (κ2) is 19.2. The number of hydrogen-bond donors (Lipinski definition) is 0. The fourth-order valence-corrected chi connectivity index (χ4v) is 14.4. The Morgan fingerprint density at radius 3 is 2.25 bits per heavy atom. The first-order valence-electron chi connectivity index (χ1n) is 19.6. The predicted octanol–water partition coefficient (Wildman–Crippen LogP) is 9.82. The third-order valence-corrected chi connectivity index (χ3v) is 20.5. The number of benzene rings is 2. The molecule has 0 aromatic heterocycles. The van der Waals surface area contributed by atoms with E-state index in [-0.39, 0.29) is 42.5 Å². The van der Waals surface area contributed by atoms with E-state index in [1.165, 1.54) is 5.19 Å². The van der Waals surface area contributed by atoms with Crippen molar-refractivity contribution >= 4 is 21.6 Å². The molecule has 52 heavy (non-hydrogen) atoms. The van der Waals surface area contributed by atoms with Gasteiger partial charge >= 0.3 is 0 Å². The lowest BCUT2D eigenvalue weighted by Crippen LogP contribution is -2.57. The van der Waals surface area contributed by atoms with Crippen molar-refractivity contribution in [1.82, 2.24) is 0 Å². The van der Waals surface area contributed by atoms with Gasteiger partial charge in [-0.15, -0.1) is 18.9 Å². The molecule has 0 amide bonds. The predicted molar refractivity (Wildman–Crippen MR) is 219 cm³/mol. The van der Waals surface area contributed by atoms with Crippen molar-refractivity contribution in [2.45, 2.75) is 153 Å². The summed E-state index contributed by atoms with van der Waals surface area (Å²) < 4.78 is 39.6. The van der Waals surface area contributed by atoms with Crippen LogP contribution in [0.15, 0.2) is 79.4 Å². The summed E-state index contributed by atoms with van der Waals surface area (Å²) in [5.41, 5.74) is 1.42. The van der Waals surface area contributed by atoms with Crippen LogP contribution in [0.5, 0.6) is 5.75 Å². The zero-order chi connectivity index (χ0) is 37.9. The standard InChI is InChI=1S/C44H66O6Si2/c1-12-22-33(6)41(46-32-34-27-29-35(45-9)30-28-34)43(50-52(14-3,15-4)16-5)42-40(51(10,11)37-24-18-17-19-25-37)31-36(47-42)23-20-21-26-39-38(13-2)48-44(7,8)49-39/h1,13,17-19,21,24-30,33,36,38-43H,2,14-16,20,22-23,31-32H2,3-11H3/b26-21-/t33-,36+,38-,39-,40+,41-,42+,43+/m1/s1. The van der Waals surface area contributed by atoms with E-state index in [2.05, 4.69) is 108 Å². The molecule has 2 saturated heterocycles. The minimum Gasteiger partial charge on any atom is -0.497 e. The summed E-state index contributed by atoms with van der Waals surface area (Å²) in [4.78, 5) is 0. The van der Waals surface area contributed by atoms with Gasteiger partial charge in [-0.2, -0.15) is 0 Å². The highest BCUT2D eigenvalue weighted by molar-refractivity contribution is 6.91. The van der Waals surface area contributed by atoms with Crippen molar-refractivity contribution in [3.8, 4) is 18.1 Å². The average Bonchev–Trinajstić information content (AvgIpc) is 3.72. The molecule has 0 spiro atoms. The fraction of sp³-hybridized carbons (Fsp3) is 0.591. The van der Waals surface area contributed by atoms with Gasteiger partial charge in [0.2, 0.25) is 0 Å². The third kappa shape index (κ3) is 10.6. The van der Waals surface area contributed by atoms with E-state index in [0.29, 0.717) is 18.6 Å². The van der Waals surface area contributed by atoms with Gasteiger partial charge in [-0.1, -0.05) is 107 Å². The van der Waals surface area contributed by atoms with Crippen LogP contribution in [0.1, 0.15) is 72.8 Å². The Balaban J connectivity index is 1.70. The summed E-state index contributed by atoms with van der Waals surface area (Å²) in [6.07, 6.45) is 14.8. The van der Waals surface area contributed by atoms with Gasteiger partial charge in [-0.05, 0) is 80.4 Å². The SMILES string of the molecule is C#CC[C@@H](C)[C@@H](OCc1ccc(OC)cc1)[C@H](O[Si](CC)(CC)CC)[C@H]1O[C@@H](CC/C=C\[C@H]2OC(C)(C)O[C@@H]2C=C)C[C@@H]1[Si](C)(C)c1ccccc1. The van der Waals surface area contributed by atoms with E-state index in [9.17, 15) is 0 Å². The molecule has 2 aromatic carbocycles. The first-order chi connectivity index (χ1) is 24.9. The van der Waals surface area contributed by atoms with Gasteiger partial charge in [0.15, 0.2) is 14.1 Å². The Bertz CT molecular complexity index is 1440. The minimum atomic E-state index is -2.12. The summed E-state index contributed by atoms with van der Waals surface area (Å²) in [6.45, 7) is 22.5. The summed E-state index contributed by atoms with van der Waals surface area (Å²) in [5.74, 6) is 3.24. The molecule has 0 saturated carbocycles. The normalized spacial score (nSPS) is 25.1. The summed E-state index contributed by atoms with van der Waals surface area (Å²) in [7, 11) is -2.51. The molecule has 0 unspecified atom stereocenters. The molecule has 2 fully saturated rings. The van der Waals surface area contributed by atoms with Gasteiger partial charge < -0.3 is 28.1 Å². The van der Waals surface area contributed by atoms with Crippen molar-refractivity contribution in [3.05, 3.63) is 85.0 Å². The fourth-order valence-electron chi connectivity index (χ4n) is 8.14. The van der Waals surface area contributed by atoms with Crippen LogP contribution in [0.4, 0.5) is 0 Å². The molecule has 2 aliphatic rings. The van der Waals surface area contributed by atoms with E-state index in [4.69, 9.17) is 34.5 Å². The molecule has 6 nitrogen and oxygen atoms in total. The van der Waals surface area contributed by atoms with Crippen LogP contribution in [0.2, 0.25) is 36.8 Å². The van der Waals surface area contributed by atoms with E-state index in [1.54, 1.807) is 7.11 Å². The Hall–Kier alpha value is -2.49. The summed E-state index contributed by atoms with van der Waals surface area (Å²) in [5, 5.41) is 1.45. The van der Waals surface area contributed by atoms with Crippen LogP contribution in [0.3, 0.4) is 0 Å². The van der Waals surface area contributed by atoms with Gasteiger partial charge in [-0.3, -0.25) is 0 Å². The van der Waals surface area contributed by atoms with Crippen LogP contribution < -0.4 is 9.92 Å². The number of methoxy groups -OCH3 is 1. The topological polar surface area (TPSA) is 55.4 Å². The summed E-state index contributed by atoms with van der Waals surface area (Å²) in [6, 6.07) is 22.4. The molecule has 8 heteroatoms. The number of allylic oxidation sites excluding steroid dienone is 1. The Morgan fingerprint density at radius 2 is 1.65 bits per heavy atom. The number of rotatable bonds is 20. The zero-order valence-electron chi connectivity index (χ0n) is 33.4. The molecule has 0 N–H and O–H groups in total. The van der Waals surface area contributed by atoms with E-state index in [1.807, 2.05) is 32.1 Å². The molecule has 0 radical (unpaired) electrons. The van der Waals surface area contributed by atoms with Crippen LogP contribution in [-0.4, -0.2) is 65.9 Å². The van der Waals surface area contributed by atoms with Crippen LogP contribution in [0, 0.1) is 18.3 Å². The average molecular weight is 747 g/mol. The second-order valence-electron chi connectivity index (χ2n) is 15.8. The molecular formula is C44H66O6Si2. The third-order valence-electron chi connectivity index (χ3n) is 11.7. The monoisotopic (exact) mass is 746 g/mol. The van der Waals surface area contributed by atoms with Gasteiger partial charge in [-0.25, -0.2) is 0 Å². The highest BCUT2D eigenvalue weighted by Crippen LogP contribution is 2.46. The van der Waals surface area contributed by atoms with Crippen LogP contribution in [0.25, 0.3) is 0 Å². The number of hydrogen-bond acceptors (Lipinski definition) is 6. The van der Waals surface area contributed by atoms with Crippen molar-refractivity contribution in [1.29, 1.82) is 0 Å². The number of ether oxygens (including phenoxy) is 5. The van der Waals surface area contributed by atoms with Crippen molar-refractivity contribution in [2.24, 2.45) is 5.92 Å². The molecule has 2 aromatic rings. The molecule has 8 atom stereocenters. The van der Waals surface area contributed by atoms with Crippen LogP contribution >= 0.6 is 0 Å². The van der Waals surface area contributed by atoms with Gasteiger partial charge in [0.25, 0.3) is 0 Å². The Kier molecular flexibility index (Phi) is 15.6. The summed E-state index contributed by atoms with van der Waals surface area (Å²) >= 11 is 0. The van der Waals surface area contributed by atoms with Crippen LogP contribution in [-0.2, 0) is 30.0 Å². The first-order valence-corrected chi connectivity index (χ1v) is 25.2.